The highest BCUT2D eigenvalue weighted by atomic mass is 16.3. The van der Waals surface area contributed by atoms with Crippen LogP contribution in [-0.2, 0) is 0 Å². The molecule has 0 spiro atoms. The Balaban J connectivity index is 2.77. The van der Waals surface area contributed by atoms with E-state index in [4.69, 9.17) is 4.42 Å². The molecule has 2 atom stereocenters. The molecule has 0 fully saturated rings. The molecular weight excluding hydrogens is 210 g/mol. The largest absolute Gasteiger partial charge is 0.466 e. The summed E-state index contributed by atoms with van der Waals surface area (Å²) in [5.41, 5.74) is 1.34. The van der Waals surface area contributed by atoms with E-state index >= 15 is 0 Å². The molecule has 1 aromatic rings. The van der Waals surface area contributed by atoms with Crippen molar-refractivity contribution < 1.29 is 4.42 Å². The maximum atomic E-state index is 5.65. The van der Waals surface area contributed by atoms with Crippen molar-refractivity contribution in [1.82, 2.24) is 5.32 Å². The lowest BCUT2D eigenvalue weighted by Crippen LogP contribution is -2.24. The van der Waals surface area contributed by atoms with Crippen molar-refractivity contribution in [2.24, 2.45) is 5.92 Å². The molecule has 0 amide bonds. The standard InChI is InChI=1S/C15H27NO/c1-6-8-16-15(9-11(3)7-2)14-10-12(4)17-13(14)5/h10-11,15-16H,6-9H2,1-5H3. The molecule has 2 unspecified atom stereocenters. The van der Waals surface area contributed by atoms with Crippen molar-refractivity contribution in [1.29, 1.82) is 0 Å². The molecule has 0 bridgehead atoms. The molecule has 17 heavy (non-hydrogen) atoms. The lowest BCUT2D eigenvalue weighted by atomic mass is 9.94. The second-order valence-corrected chi connectivity index (χ2v) is 5.12. The number of aryl methyl sites for hydroxylation is 2. The van der Waals surface area contributed by atoms with Gasteiger partial charge >= 0.3 is 0 Å². The second kappa shape index (κ2) is 6.85. The average Bonchev–Trinajstić information content (AvgIpc) is 2.63. The van der Waals surface area contributed by atoms with Crippen molar-refractivity contribution in [2.75, 3.05) is 6.54 Å². The van der Waals surface area contributed by atoms with Gasteiger partial charge in [-0.15, -0.1) is 0 Å². The Bertz CT molecular complexity index is 330. The van der Waals surface area contributed by atoms with Gasteiger partial charge < -0.3 is 9.73 Å². The Morgan fingerprint density at radius 2 is 2.00 bits per heavy atom. The minimum Gasteiger partial charge on any atom is -0.466 e. The Morgan fingerprint density at radius 3 is 2.47 bits per heavy atom. The molecule has 1 rings (SSSR count). The average molecular weight is 237 g/mol. The Kier molecular flexibility index (Phi) is 5.76. The van der Waals surface area contributed by atoms with Crippen LogP contribution < -0.4 is 5.32 Å². The first-order valence-electron chi connectivity index (χ1n) is 6.88. The molecule has 1 N–H and O–H groups in total. The predicted molar refractivity (Wildman–Crippen MR) is 73.3 cm³/mol. The van der Waals surface area contributed by atoms with Gasteiger partial charge in [-0.25, -0.2) is 0 Å². The van der Waals surface area contributed by atoms with Crippen molar-refractivity contribution in [2.45, 2.75) is 59.9 Å². The molecule has 0 aliphatic carbocycles. The summed E-state index contributed by atoms with van der Waals surface area (Å²) in [4.78, 5) is 0. The van der Waals surface area contributed by atoms with Crippen LogP contribution >= 0.6 is 0 Å². The third-order valence-corrected chi connectivity index (χ3v) is 3.43. The highest BCUT2D eigenvalue weighted by molar-refractivity contribution is 5.24. The first kappa shape index (κ1) is 14.3. The van der Waals surface area contributed by atoms with Crippen LogP contribution in [-0.4, -0.2) is 6.54 Å². The topological polar surface area (TPSA) is 25.2 Å². The Hall–Kier alpha value is -0.760. The zero-order chi connectivity index (χ0) is 12.8. The van der Waals surface area contributed by atoms with Gasteiger partial charge in [-0.1, -0.05) is 27.2 Å². The van der Waals surface area contributed by atoms with Gasteiger partial charge in [0, 0.05) is 11.6 Å². The molecule has 0 saturated heterocycles. The molecule has 98 valence electrons. The molecule has 0 saturated carbocycles. The first-order chi connectivity index (χ1) is 8.08. The van der Waals surface area contributed by atoms with Gasteiger partial charge in [0.05, 0.1) is 0 Å². The summed E-state index contributed by atoms with van der Waals surface area (Å²) in [5, 5.41) is 3.65. The van der Waals surface area contributed by atoms with E-state index in [2.05, 4.69) is 39.1 Å². The fourth-order valence-corrected chi connectivity index (χ4v) is 2.20. The third-order valence-electron chi connectivity index (χ3n) is 3.43. The normalized spacial score (nSPS) is 14.9. The Morgan fingerprint density at radius 1 is 1.29 bits per heavy atom. The molecule has 0 aliphatic rings. The van der Waals surface area contributed by atoms with Gasteiger partial charge in [0.2, 0.25) is 0 Å². The van der Waals surface area contributed by atoms with Gasteiger partial charge in [-0.05, 0) is 45.2 Å². The maximum Gasteiger partial charge on any atom is 0.105 e. The molecule has 1 heterocycles. The minimum atomic E-state index is 0.447. The van der Waals surface area contributed by atoms with Crippen LogP contribution in [0.3, 0.4) is 0 Å². The van der Waals surface area contributed by atoms with Crippen molar-refractivity contribution in [3.05, 3.63) is 23.2 Å². The molecular formula is C15H27NO. The van der Waals surface area contributed by atoms with Crippen LogP contribution in [0.15, 0.2) is 10.5 Å². The highest BCUT2D eigenvalue weighted by Crippen LogP contribution is 2.27. The number of nitrogens with one attached hydrogen (secondary N) is 1. The molecule has 2 nitrogen and oxygen atoms in total. The summed E-state index contributed by atoms with van der Waals surface area (Å²) in [6, 6.07) is 2.63. The summed E-state index contributed by atoms with van der Waals surface area (Å²) >= 11 is 0. The van der Waals surface area contributed by atoms with Crippen LogP contribution in [0.2, 0.25) is 0 Å². The van der Waals surface area contributed by atoms with E-state index < -0.39 is 0 Å². The van der Waals surface area contributed by atoms with Gasteiger partial charge in [-0.2, -0.15) is 0 Å². The number of hydrogen-bond donors (Lipinski definition) is 1. The van der Waals surface area contributed by atoms with Gasteiger partial charge in [0.25, 0.3) is 0 Å². The van der Waals surface area contributed by atoms with Crippen molar-refractivity contribution in [3.8, 4) is 0 Å². The number of furan rings is 1. The maximum absolute atomic E-state index is 5.65. The fraction of sp³-hybridized carbons (Fsp3) is 0.733. The van der Waals surface area contributed by atoms with E-state index in [-0.39, 0.29) is 0 Å². The molecule has 0 radical (unpaired) electrons. The summed E-state index contributed by atoms with van der Waals surface area (Å²) in [5.74, 6) is 2.84. The van der Waals surface area contributed by atoms with Crippen LogP contribution in [0.25, 0.3) is 0 Å². The number of hydrogen-bond acceptors (Lipinski definition) is 2. The third kappa shape index (κ3) is 4.19. The first-order valence-corrected chi connectivity index (χ1v) is 6.88. The SMILES string of the molecule is CCCNC(CC(C)CC)c1cc(C)oc1C. The summed E-state index contributed by atoms with van der Waals surface area (Å²) in [6.45, 7) is 12.0. The lowest BCUT2D eigenvalue weighted by Gasteiger charge is -2.21. The van der Waals surface area contributed by atoms with E-state index in [1.165, 1.54) is 24.8 Å². The zero-order valence-corrected chi connectivity index (χ0v) is 12.0. The quantitative estimate of drug-likeness (QED) is 0.761. The van der Waals surface area contributed by atoms with E-state index in [9.17, 15) is 0 Å². The molecule has 2 heteroatoms. The van der Waals surface area contributed by atoms with E-state index in [1.54, 1.807) is 0 Å². The number of rotatable bonds is 7. The van der Waals surface area contributed by atoms with Crippen LogP contribution in [0.4, 0.5) is 0 Å². The van der Waals surface area contributed by atoms with Crippen LogP contribution in [0, 0.1) is 19.8 Å². The van der Waals surface area contributed by atoms with Crippen LogP contribution in [0.1, 0.15) is 63.2 Å². The summed E-state index contributed by atoms with van der Waals surface area (Å²) in [7, 11) is 0. The van der Waals surface area contributed by atoms with Crippen LogP contribution in [0.5, 0.6) is 0 Å². The van der Waals surface area contributed by atoms with Gasteiger partial charge in [-0.3, -0.25) is 0 Å². The molecule has 1 aromatic heterocycles. The molecule has 0 aliphatic heterocycles. The Labute approximate surface area is 106 Å². The van der Waals surface area contributed by atoms with E-state index in [1.807, 2.05) is 6.92 Å². The predicted octanol–water partition coefficient (Wildman–Crippen LogP) is 4.37. The zero-order valence-electron chi connectivity index (χ0n) is 12.0. The smallest absolute Gasteiger partial charge is 0.105 e. The van der Waals surface area contributed by atoms with Crippen molar-refractivity contribution in [3.63, 3.8) is 0 Å². The van der Waals surface area contributed by atoms with E-state index in [0.717, 1.165) is 24.0 Å². The second-order valence-electron chi connectivity index (χ2n) is 5.12. The fourth-order valence-electron chi connectivity index (χ4n) is 2.20. The summed E-state index contributed by atoms with van der Waals surface area (Å²) < 4.78 is 5.65. The van der Waals surface area contributed by atoms with Gasteiger partial charge in [0.1, 0.15) is 11.5 Å². The van der Waals surface area contributed by atoms with Gasteiger partial charge in [0.15, 0.2) is 0 Å². The minimum absolute atomic E-state index is 0.447. The highest BCUT2D eigenvalue weighted by Gasteiger charge is 2.18. The lowest BCUT2D eigenvalue weighted by molar-refractivity contribution is 0.396. The molecule has 0 aromatic carbocycles. The van der Waals surface area contributed by atoms with Crippen molar-refractivity contribution >= 4 is 0 Å². The monoisotopic (exact) mass is 237 g/mol. The summed E-state index contributed by atoms with van der Waals surface area (Å²) in [6.07, 6.45) is 3.60. The van der Waals surface area contributed by atoms with E-state index in [0.29, 0.717) is 6.04 Å².